The van der Waals surface area contributed by atoms with Gasteiger partial charge in [-0.3, -0.25) is 0 Å². The van der Waals surface area contributed by atoms with Crippen molar-refractivity contribution in [1.29, 1.82) is 0 Å². The fraction of sp³-hybridized carbons (Fsp3) is 0.440. The van der Waals surface area contributed by atoms with Gasteiger partial charge >= 0.3 is 11.9 Å². The van der Waals surface area contributed by atoms with Crippen LogP contribution >= 0.6 is 0 Å². The fourth-order valence-corrected chi connectivity index (χ4v) is 3.21. The Morgan fingerprint density at radius 2 is 1.25 bits per heavy atom. The molecule has 0 atom stereocenters. The van der Waals surface area contributed by atoms with Crippen molar-refractivity contribution in [3.05, 3.63) is 70.5 Å². The van der Waals surface area contributed by atoms with Gasteiger partial charge < -0.3 is 9.47 Å². The first-order chi connectivity index (χ1) is 15.4. The Hall–Kier alpha value is -2.83. The van der Waals surface area contributed by atoms with E-state index >= 15 is 0 Å². The first-order valence-corrected chi connectivity index (χ1v) is 11.0. The molecule has 0 fully saturated rings. The fourth-order valence-electron chi connectivity index (χ4n) is 3.21. The summed E-state index contributed by atoms with van der Waals surface area (Å²) in [5.74, 6) is -5.16. The van der Waals surface area contributed by atoms with Crippen molar-refractivity contribution in [2.24, 2.45) is 0 Å². The molecule has 4 nitrogen and oxygen atoms in total. The summed E-state index contributed by atoms with van der Waals surface area (Å²) in [5, 5.41) is 0. The molecule has 0 aliphatic rings. The van der Waals surface area contributed by atoms with Crippen LogP contribution in [-0.2, 0) is 16.1 Å². The van der Waals surface area contributed by atoms with Gasteiger partial charge in [-0.15, -0.1) is 0 Å². The number of esters is 2. The first kappa shape index (κ1) is 25.4. The van der Waals surface area contributed by atoms with Gasteiger partial charge in [-0.2, -0.15) is 0 Å². The Labute approximate surface area is 186 Å². The molecule has 0 radical (unpaired) electrons. The second-order valence-corrected chi connectivity index (χ2v) is 7.59. The number of rotatable bonds is 13. The third-order valence-corrected chi connectivity index (χ3v) is 5.05. The average Bonchev–Trinajstić information content (AvgIpc) is 2.79. The van der Waals surface area contributed by atoms with E-state index in [4.69, 9.17) is 9.47 Å². The highest BCUT2D eigenvalue weighted by atomic mass is 19.2. The highest BCUT2D eigenvalue weighted by Crippen LogP contribution is 2.17. The largest absolute Gasteiger partial charge is 0.462 e. The molecular weight excluding hydrogens is 421 g/mol. The molecule has 7 heteroatoms. The number of hydrogen-bond donors (Lipinski definition) is 0. The van der Waals surface area contributed by atoms with Crippen molar-refractivity contribution < 1.29 is 32.2 Å². The number of carbonyl (C=O) groups is 2. The molecule has 0 aliphatic carbocycles. The summed E-state index contributed by atoms with van der Waals surface area (Å²) < 4.78 is 50.3. The minimum atomic E-state index is -1.33. The van der Waals surface area contributed by atoms with E-state index in [0.29, 0.717) is 12.1 Å². The van der Waals surface area contributed by atoms with E-state index in [2.05, 4.69) is 6.92 Å². The molecule has 0 heterocycles. The van der Waals surface area contributed by atoms with E-state index in [1.165, 1.54) is 44.2 Å². The van der Waals surface area contributed by atoms with E-state index in [1.54, 1.807) is 12.1 Å². The molecule has 174 valence electrons. The number of benzene rings is 2. The number of halogens is 3. The molecule has 0 aromatic heterocycles. The van der Waals surface area contributed by atoms with Gasteiger partial charge in [0.05, 0.1) is 17.7 Å². The zero-order valence-electron chi connectivity index (χ0n) is 18.3. The maximum absolute atomic E-state index is 13.7. The predicted octanol–water partition coefficient (Wildman–Crippen LogP) is 6.76. The Morgan fingerprint density at radius 3 is 1.88 bits per heavy atom. The summed E-state index contributed by atoms with van der Waals surface area (Å²) in [6, 6.07) is 6.96. The number of unbranched alkanes of at least 4 members (excludes halogenated alkanes) is 7. The Morgan fingerprint density at radius 1 is 0.719 bits per heavy atom. The van der Waals surface area contributed by atoms with E-state index in [0.717, 1.165) is 19.3 Å². The third-order valence-electron chi connectivity index (χ3n) is 5.05. The Balaban J connectivity index is 1.84. The zero-order valence-corrected chi connectivity index (χ0v) is 18.3. The van der Waals surface area contributed by atoms with Gasteiger partial charge in [-0.1, -0.05) is 64.0 Å². The third kappa shape index (κ3) is 8.02. The maximum Gasteiger partial charge on any atom is 0.339 e. The summed E-state index contributed by atoms with van der Waals surface area (Å²) in [4.78, 5) is 24.8. The van der Waals surface area contributed by atoms with Crippen molar-refractivity contribution in [1.82, 2.24) is 0 Å². The standard InChI is InChI=1S/C25H29F3O4/c1-2-3-4-5-6-7-8-11-14-31-24(29)19-12-9-10-13-20(19)25(30)32-17-18-15-22(27)23(28)16-21(18)26/h9-10,12-13,15-16H,2-8,11,14,17H2,1H3. The predicted molar refractivity (Wildman–Crippen MR) is 115 cm³/mol. The molecule has 2 aromatic rings. The number of hydrogen-bond acceptors (Lipinski definition) is 4. The van der Waals surface area contributed by atoms with Crippen LogP contribution in [0.4, 0.5) is 13.2 Å². The lowest BCUT2D eigenvalue weighted by Gasteiger charge is -2.10. The normalized spacial score (nSPS) is 10.8. The molecule has 0 amide bonds. The molecule has 0 spiro atoms. The summed E-state index contributed by atoms with van der Waals surface area (Å²) in [6.07, 6.45) is 8.90. The smallest absolute Gasteiger partial charge is 0.339 e. The quantitative estimate of drug-likeness (QED) is 0.192. The molecule has 2 rings (SSSR count). The average molecular weight is 450 g/mol. The lowest BCUT2D eigenvalue weighted by Crippen LogP contribution is -2.15. The van der Waals surface area contributed by atoms with Crippen LogP contribution in [0.5, 0.6) is 0 Å². The molecule has 0 saturated carbocycles. The second-order valence-electron chi connectivity index (χ2n) is 7.59. The minimum Gasteiger partial charge on any atom is -0.462 e. The zero-order chi connectivity index (χ0) is 23.3. The summed E-state index contributed by atoms with van der Waals surface area (Å²) in [6.45, 7) is 1.82. The molecule has 0 unspecified atom stereocenters. The van der Waals surface area contributed by atoms with E-state index in [1.807, 2.05) is 0 Å². The van der Waals surface area contributed by atoms with Crippen molar-refractivity contribution in [3.8, 4) is 0 Å². The van der Waals surface area contributed by atoms with E-state index in [9.17, 15) is 22.8 Å². The van der Waals surface area contributed by atoms with Crippen LogP contribution in [0.3, 0.4) is 0 Å². The maximum atomic E-state index is 13.7. The topological polar surface area (TPSA) is 52.6 Å². The van der Waals surface area contributed by atoms with Gasteiger partial charge in [0.1, 0.15) is 12.4 Å². The van der Waals surface area contributed by atoms with Crippen LogP contribution in [-0.4, -0.2) is 18.5 Å². The lowest BCUT2D eigenvalue weighted by atomic mass is 10.1. The number of carbonyl (C=O) groups excluding carboxylic acids is 2. The Kier molecular flexibility index (Phi) is 10.8. The molecular formula is C25H29F3O4. The summed E-state index contributed by atoms with van der Waals surface area (Å²) in [5.41, 5.74) is -0.328. The van der Waals surface area contributed by atoms with Gasteiger partial charge in [-0.05, 0) is 24.6 Å². The Bertz CT molecular complexity index is 899. The molecule has 0 aliphatic heterocycles. The highest BCUT2D eigenvalue weighted by Gasteiger charge is 2.20. The highest BCUT2D eigenvalue weighted by molar-refractivity contribution is 6.03. The molecule has 0 saturated heterocycles. The summed E-state index contributed by atoms with van der Waals surface area (Å²) in [7, 11) is 0. The van der Waals surface area contributed by atoms with Gasteiger partial charge in [0.15, 0.2) is 11.6 Å². The summed E-state index contributed by atoms with van der Waals surface area (Å²) >= 11 is 0. The van der Waals surface area contributed by atoms with Crippen molar-refractivity contribution in [2.75, 3.05) is 6.61 Å². The van der Waals surface area contributed by atoms with Gasteiger partial charge in [0.2, 0.25) is 0 Å². The molecule has 0 N–H and O–H groups in total. The van der Waals surface area contributed by atoms with E-state index < -0.39 is 36.0 Å². The monoisotopic (exact) mass is 450 g/mol. The van der Waals surface area contributed by atoms with Crippen molar-refractivity contribution in [3.63, 3.8) is 0 Å². The van der Waals surface area contributed by atoms with Gasteiger partial charge in [-0.25, -0.2) is 22.8 Å². The van der Waals surface area contributed by atoms with Crippen LogP contribution in [0.1, 0.15) is 84.6 Å². The molecule has 0 bridgehead atoms. The minimum absolute atomic E-state index is 0.0304. The van der Waals surface area contributed by atoms with Crippen LogP contribution in [0.2, 0.25) is 0 Å². The van der Waals surface area contributed by atoms with Crippen LogP contribution in [0.25, 0.3) is 0 Å². The van der Waals surface area contributed by atoms with Crippen LogP contribution in [0.15, 0.2) is 36.4 Å². The van der Waals surface area contributed by atoms with Crippen LogP contribution < -0.4 is 0 Å². The van der Waals surface area contributed by atoms with Crippen LogP contribution in [0, 0.1) is 17.5 Å². The number of ether oxygens (including phenoxy) is 2. The second kappa shape index (κ2) is 13.6. The van der Waals surface area contributed by atoms with Gasteiger partial charge in [0.25, 0.3) is 0 Å². The van der Waals surface area contributed by atoms with Crippen molar-refractivity contribution in [2.45, 2.75) is 64.9 Å². The lowest BCUT2D eigenvalue weighted by molar-refractivity contribution is 0.0433. The molecule has 32 heavy (non-hydrogen) atoms. The van der Waals surface area contributed by atoms with E-state index in [-0.39, 0.29) is 23.3 Å². The van der Waals surface area contributed by atoms with Gasteiger partial charge in [0, 0.05) is 11.6 Å². The van der Waals surface area contributed by atoms with Crippen molar-refractivity contribution >= 4 is 11.9 Å². The first-order valence-electron chi connectivity index (χ1n) is 11.0. The molecule has 2 aromatic carbocycles. The SMILES string of the molecule is CCCCCCCCCCOC(=O)c1ccccc1C(=O)OCc1cc(F)c(F)cc1F.